The summed E-state index contributed by atoms with van der Waals surface area (Å²) in [6.45, 7) is 3.91. The van der Waals surface area contributed by atoms with Crippen molar-refractivity contribution in [2.24, 2.45) is 10.9 Å². The summed E-state index contributed by atoms with van der Waals surface area (Å²) >= 11 is 0. The van der Waals surface area contributed by atoms with E-state index in [9.17, 15) is 4.39 Å². The van der Waals surface area contributed by atoms with Crippen molar-refractivity contribution in [3.05, 3.63) is 35.6 Å². The van der Waals surface area contributed by atoms with Gasteiger partial charge < -0.3 is 15.1 Å². The van der Waals surface area contributed by atoms with Crippen LogP contribution in [0.4, 0.5) is 4.39 Å². The molecule has 0 amide bonds. The van der Waals surface area contributed by atoms with E-state index >= 15 is 0 Å². The van der Waals surface area contributed by atoms with Crippen LogP contribution in [-0.2, 0) is 6.54 Å². The van der Waals surface area contributed by atoms with Gasteiger partial charge in [-0.3, -0.25) is 4.99 Å². The number of halogens is 2. The largest absolute Gasteiger partial charge is 0.356 e. The topological polar surface area (TPSA) is 30.9 Å². The normalized spacial score (nSPS) is 19.1. The first-order chi connectivity index (χ1) is 10.6. The van der Waals surface area contributed by atoms with Gasteiger partial charge in [-0.15, -0.1) is 24.0 Å². The van der Waals surface area contributed by atoms with E-state index in [2.05, 4.69) is 22.3 Å². The van der Waals surface area contributed by atoms with Crippen LogP contribution in [0.15, 0.2) is 29.3 Å². The Morgan fingerprint density at radius 2 is 2.26 bits per heavy atom. The molecular formula is C17H28FIN4. The van der Waals surface area contributed by atoms with Gasteiger partial charge in [0.1, 0.15) is 5.82 Å². The predicted octanol–water partition coefficient (Wildman–Crippen LogP) is 2.79. The first-order valence-electron chi connectivity index (χ1n) is 7.93. The molecular weight excluding hydrogens is 406 g/mol. The Hall–Kier alpha value is -0.890. The fraction of sp³-hybridized carbons (Fsp3) is 0.588. The lowest BCUT2D eigenvalue weighted by Crippen LogP contribution is -2.44. The molecule has 1 unspecified atom stereocenters. The lowest BCUT2D eigenvalue weighted by Gasteiger charge is -2.31. The average Bonchev–Trinajstić information content (AvgIpc) is 2.48. The summed E-state index contributed by atoms with van der Waals surface area (Å²) in [6, 6.07) is 6.71. The number of aliphatic imine (C=N–C) groups is 1. The number of benzene rings is 1. The van der Waals surface area contributed by atoms with E-state index in [1.54, 1.807) is 19.2 Å². The summed E-state index contributed by atoms with van der Waals surface area (Å²) in [5.74, 6) is 1.33. The number of hydrogen-bond donors (Lipinski definition) is 1. The van der Waals surface area contributed by atoms with Crippen molar-refractivity contribution in [3.8, 4) is 0 Å². The van der Waals surface area contributed by atoms with Crippen LogP contribution in [0.1, 0.15) is 18.4 Å². The molecule has 1 aliphatic heterocycles. The molecule has 1 heterocycles. The van der Waals surface area contributed by atoms with Gasteiger partial charge in [-0.1, -0.05) is 12.1 Å². The van der Waals surface area contributed by atoms with Crippen LogP contribution in [0.25, 0.3) is 0 Å². The van der Waals surface area contributed by atoms with Gasteiger partial charge in [0.25, 0.3) is 0 Å². The van der Waals surface area contributed by atoms with Gasteiger partial charge in [-0.25, -0.2) is 4.39 Å². The highest BCUT2D eigenvalue weighted by atomic mass is 127. The van der Waals surface area contributed by atoms with Crippen molar-refractivity contribution >= 4 is 29.9 Å². The highest BCUT2D eigenvalue weighted by Crippen LogP contribution is 2.14. The molecule has 1 atom stereocenters. The molecule has 0 aromatic heterocycles. The number of piperidine rings is 1. The van der Waals surface area contributed by atoms with E-state index in [0.717, 1.165) is 24.6 Å². The van der Waals surface area contributed by atoms with E-state index in [1.165, 1.54) is 25.5 Å². The minimum atomic E-state index is -0.195. The SMILES string of the molecule is CN=C(NCC1CCCN(C)C1)N(C)Cc1cccc(F)c1.I. The molecule has 1 saturated heterocycles. The zero-order valence-corrected chi connectivity index (χ0v) is 16.6. The Balaban J connectivity index is 0.00000264. The third kappa shape index (κ3) is 6.63. The minimum Gasteiger partial charge on any atom is -0.356 e. The fourth-order valence-corrected chi connectivity index (χ4v) is 3.04. The molecule has 130 valence electrons. The number of nitrogens with one attached hydrogen (secondary N) is 1. The van der Waals surface area contributed by atoms with Gasteiger partial charge in [-0.05, 0) is 50.0 Å². The van der Waals surface area contributed by atoms with Crippen LogP contribution in [0.5, 0.6) is 0 Å². The Bertz CT molecular complexity index is 509. The summed E-state index contributed by atoms with van der Waals surface area (Å²) in [6.07, 6.45) is 2.53. The summed E-state index contributed by atoms with van der Waals surface area (Å²) in [4.78, 5) is 8.75. The number of rotatable bonds is 4. The van der Waals surface area contributed by atoms with Crippen LogP contribution < -0.4 is 5.32 Å². The highest BCUT2D eigenvalue weighted by molar-refractivity contribution is 14.0. The maximum Gasteiger partial charge on any atom is 0.193 e. The average molecular weight is 434 g/mol. The maximum atomic E-state index is 13.3. The van der Waals surface area contributed by atoms with Gasteiger partial charge in [0.2, 0.25) is 0 Å². The molecule has 1 aliphatic rings. The van der Waals surface area contributed by atoms with E-state index < -0.39 is 0 Å². The first-order valence-corrected chi connectivity index (χ1v) is 7.93. The molecule has 0 aliphatic carbocycles. The van der Waals surface area contributed by atoms with Gasteiger partial charge >= 0.3 is 0 Å². The summed E-state index contributed by atoms with van der Waals surface area (Å²) in [5.41, 5.74) is 0.947. The zero-order chi connectivity index (χ0) is 15.9. The third-order valence-corrected chi connectivity index (χ3v) is 4.15. The molecule has 23 heavy (non-hydrogen) atoms. The lowest BCUT2D eigenvalue weighted by atomic mass is 9.98. The second-order valence-corrected chi connectivity index (χ2v) is 6.18. The Morgan fingerprint density at radius 1 is 1.48 bits per heavy atom. The third-order valence-electron chi connectivity index (χ3n) is 4.15. The zero-order valence-electron chi connectivity index (χ0n) is 14.3. The summed E-state index contributed by atoms with van der Waals surface area (Å²) in [5, 5.41) is 3.45. The molecule has 1 aromatic carbocycles. The van der Waals surface area contributed by atoms with Crippen molar-refractivity contribution in [2.75, 3.05) is 40.8 Å². The van der Waals surface area contributed by atoms with Crippen molar-refractivity contribution in [1.29, 1.82) is 0 Å². The second-order valence-electron chi connectivity index (χ2n) is 6.18. The van der Waals surface area contributed by atoms with Crippen LogP contribution >= 0.6 is 24.0 Å². The summed E-state index contributed by atoms with van der Waals surface area (Å²) < 4.78 is 13.3. The molecule has 1 N–H and O–H groups in total. The highest BCUT2D eigenvalue weighted by Gasteiger charge is 2.18. The Kier molecular flexibility index (Phi) is 8.83. The molecule has 0 radical (unpaired) electrons. The minimum absolute atomic E-state index is 0. The second kappa shape index (κ2) is 10.1. The van der Waals surface area contributed by atoms with Crippen LogP contribution in [0.2, 0.25) is 0 Å². The smallest absolute Gasteiger partial charge is 0.193 e. The molecule has 1 fully saturated rings. The number of nitrogens with zero attached hydrogens (tertiary/aromatic N) is 3. The quantitative estimate of drug-likeness (QED) is 0.449. The molecule has 2 rings (SSSR count). The van der Waals surface area contributed by atoms with E-state index in [-0.39, 0.29) is 29.8 Å². The monoisotopic (exact) mass is 434 g/mol. The van der Waals surface area contributed by atoms with E-state index in [4.69, 9.17) is 0 Å². The van der Waals surface area contributed by atoms with Crippen LogP contribution in [0, 0.1) is 11.7 Å². The van der Waals surface area contributed by atoms with Gasteiger partial charge in [0.05, 0.1) is 0 Å². The van der Waals surface area contributed by atoms with Crippen LogP contribution in [0.3, 0.4) is 0 Å². The van der Waals surface area contributed by atoms with Crippen molar-refractivity contribution in [3.63, 3.8) is 0 Å². The number of guanidine groups is 1. The number of likely N-dealkylation sites (tertiary alicyclic amines) is 1. The lowest BCUT2D eigenvalue weighted by molar-refractivity contribution is 0.209. The summed E-state index contributed by atoms with van der Waals surface area (Å²) in [7, 11) is 5.95. The van der Waals surface area contributed by atoms with E-state index in [1.807, 2.05) is 18.0 Å². The Labute approximate surface area is 156 Å². The number of hydrogen-bond acceptors (Lipinski definition) is 2. The molecule has 0 spiro atoms. The van der Waals surface area contributed by atoms with Crippen molar-refractivity contribution < 1.29 is 4.39 Å². The molecule has 0 bridgehead atoms. The van der Waals surface area contributed by atoms with Gasteiger partial charge in [-0.2, -0.15) is 0 Å². The fourth-order valence-electron chi connectivity index (χ4n) is 3.04. The van der Waals surface area contributed by atoms with Crippen molar-refractivity contribution in [2.45, 2.75) is 19.4 Å². The Morgan fingerprint density at radius 3 is 2.91 bits per heavy atom. The van der Waals surface area contributed by atoms with Crippen LogP contribution in [-0.4, -0.2) is 56.5 Å². The molecule has 1 aromatic rings. The molecule has 6 heteroatoms. The van der Waals surface area contributed by atoms with Crippen molar-refractivity contribution in [1.82, 2.24) is 15.1 Å². The standard InChI is InChI=1S/C17H27FN4.HI/c1-19-17(20-11-15-7-5-9-21(2)12-15)22(3)13-14-6-4-8-16(18)10-14;/h4,6,8,10,15H,5,7,9,11-13H2,1-3H3,(H,19,20);1H. The van der Waals surface area contributed by atoms with Gasteiger partial charge in [0.15, 0.2) is 5.96 Å². The maximum absolute atomic E-state index is 13.3. The molecule has 4 nitrogen and oxygen atoms in total. The molecule has 0 saturated carbocycles. The van der Waals surface area contributed by atoms with Gasteiger partial charge in [0, 0.05) is 33.7 Å². The predicted molar refractivity (Wildman–Crippen MR) is 105 cm³/mol. The first kappa shape index (κ1) is 20.2. The van der Waals surface area contributed by atoms with E-state index in [0.29, 0.717) is 12.5 Å².